The van der Waals surface area contributed by atoms with Crippen LogP contribution < -0.4 is 0 Å². The molecular formula is C26H33F2NO4. The molecule has 0 amide bonds. The lowest BCUT2D eigenvalue weighted by molar-refractivity contribution is -0.136. The number of carboxylic acid groups (broad SMARTS) is 1. The van der Waals surface area contributed by atoms with Crippen LogP contribution in [0, 0.1) is 18.6 Å². The zero-order valence-electron chi connectivity index (χ0n) is 19.3. The van der Waals surface area contributed by atoms with Crippen molar-refractivity contribution < 1.29 is 28.5 Å². The van der Waals surface area contributed by atoms with Crippen molar-refractivity contribution in [2.45, 2.75) is 64.2 Å². The number of benzene rings is 2. The first-order valence-electron chi connectivity index (χ1n) is 11.5. The predicted molar refractivity (Wildman–Crippen MR) is 122 cm³/mol. The average molecular weight is 462 g/mol. The first-order valence-corrected chi connectivity index (χ1v) is 11.5. The Morgan fingerprint density at radius 3 is 2.76 bits per heavy atom. The third-order valence-corrected chi connectivity index (χ3v) is 6.35. The first kappa shape index (κ1) is 25.3. The third-order valence-electron chi connectivity index (χ3n) is 6.35. The minimum atomic E-state index is -0.942. The summed E-state index contributed by atoms with van der Waals surface area (Å²) >= 11 is 0. The van der Waals surface area contributed by atoms with Crippen molar-refractivity contribution in [2.24, 2.45) is 0 Å². The summed E-state index contributed by atoms with van der Waals surface area (Å²) < 4.78 is 34.2. The Morgan fingerprint density at radius 2 is 2.03 bits per heavy atom. The van der Waals surface area contributed by atoms with Crippen LogP contribution in [0.15, 0.2) is 36.4 Å². The number of β-amino-alcohol motifs (C(OH)–C–C–N with tert-alkyl or cyclic N) is 1. The molecule has 1 saturated heterocycles. The number of aliphatic carboxylic acids is 1. The highest BCUT2D eigenvalue weighted by atomic mass is 19.1. The predicted octanol–water partition coefficient (Wildman–Crippen LogP) is 4.44. The van der Waals surface area contributed by atoms with Gasteiger partial charge in [-0.15, -0.1) is 0 Å². The SMILES string of the molecule is Cc1ccc(C[C@@H]2CCCN2C[C@@H](O)COC(C)c2c(F)cccc2CCC(=O)O)cc1F. The van der Waals surface area contributed by atoms with E-state index >= 15 is 0 Å². The summed E-state index contributed by atoms with van der Waals surface area (Å²) in [6.07, 6.45) is 1.49. The molecule has 1 aliphatic heterocycles. The van der Waals surface area contributed by atoms with Gasteiger partial charge < -0.3 is 14.9 Å². The molecule has 2 aromatic carbocycles. The number of aliphatic hydroxyl groups is 1. The van der Waals surface area contributed by atoms with E-state index in [9.17, 15) is 18.7 Å². The van der Waals surface area contributed by atoms with E-state index in [1.54, 1.807) is 38.1 Å². The number of carboxylic acids is 1. The van der Waals surface area contributed by atoms with Crippen LogP contribution >= 0.6 is 0 Å². The number of halogens is 2. The molecule has 0 aromatic heterocycles. The molecule has 7 heteroatoms. The van der Waals surface area contributed by atoms with Gasteiger partial charge in [-0.1, -0.05) is 24.3 Å². The van der Waals surface area contributed by atoms with Gasteiger partial charge in [0, 0.05) is 24.6 Å². The molecule has 1 aliphatic rings. The van der Waals surface area contributed by atoms with Gasteiger partial charge in [0.2, 0.25) is 0 Å². The Kier molecular flexibility index (Phi) is 8.95. The highest BCUT2D eigenvalue weighted by Gasteiger charge is 2.27. The smallest absolute Gasteiger partial charge is 0.303 e. The standard InChI is InChI=1S/C26H33F2NO4/c1-17-8-9-19(14-24(17)28)13-21-6-4-12-29(21)15-22(30)16-33-18(2)26-20(10-11-25(31)32)5-3-7-23(26)27/h3,5,7-9,14,18,21-22,30H,4,6,10-13,15-16H2,1-2H3,(H,31,32)/t18?,21-,22+/m0/s1. The fourth-order valence-electron chi connectivity index (χ4n) is 4.56. The van der Waals surface area contributed by atoms with Gasteiger partial charge in [0.05, 0.1) is 18.8 Å². The Balaban J connectivity index is 1.55. The largest absolute Gasteiger partial charge is 0.481 e. The lowest BCUT2D eigenvalue weighted by Crippen LogP contribution is -2.39. The Labute approximate surface area is 194 Å². The van der Waals surface area contributed by atoms with Crippen molar-refractivity contribution in [3.05, 3.63) is 70.3 Å². The normalized spacial score (nSPS) is 18.4. The number of hydrogen-bond donors (Lipinski definition) is 2. The maximum atomic E-state index is 14.5. The van der Waals surface area contributed by atoms with Crippen LogP contribution in [0.2, 0.25) is 0 Å². The minimum Gasteiger partial charge on any atom is -0.481 e. The Bertz CT molecular complexity index is 952. The van der Waals surface area contributed by atoms with Gasteiger partial charge in [-0.2, -0.15) is 0 Å². The number of aryl methyl sites for hydroxylation is 2. The van der Waals surface area contributed by atoms with Crippen LogP contribution in [0.4, 0.5) is 8.78 Å². The summed E-state index contributed by atoms with van der Waals surface area (Å²) in [5.41, 5.74) is 2.52. The lowest BCUT2D eigenvalue weighted by Gasteiger charge is -2.28. The van der Waals surface area contributed by atoms with Crippen LogP contribution in [0.3, 0.4) is 0 Å². The molecule has 33 heavy (non-hydrogen) atoms. The van der Waals surface area contributed by atoms with Crippen molar-refractivity contribution in [1.29, 1.82) is 0 Å². The second-order valence-electron chi connectivity index (χ2n) is 8.91. The van der Waals surface area contributed by atoms with Crippen molar-refractivity contribution in [3.8, 4) is 0 Å². The highest BCUT2D eigenvalue weighted by Crippen LogP contribution is 2.27. The first-order chi connectivity index (χ1) is 15.7. The zero-order chi connectivity index (χ0) is 24.0. The number of aliphatic hydroxyl groups excluding tert-OH is 1. The van der Waals surface area contributed by atoms with E-state index in [2.05, 4.69) is 4.90 Å². The molecule has 1 fully saturated rings. The van der Waals surface area contributed by atoms with Gasteiger partial charge in [0.15, 0.2) is 0 Å². The molecule has 2 aromatic rings. The van der Waals surface area contributed by atoms with Crippen LogP contribution in [0.5, 0.6) is 0 Å². The molecule has 0 aliphatic carbocycles. The molecule has 5 nitrogen and oxygen atoms in total. The zero-order valence-corrected chi connectivity index (χ0v) is 19.3. The van der Waals surface area contributed by atoms with Crippen LogP contribution in [0.1, 0.15) is 54.5 Å². The fraction of sp³-hybridized carbons (Fsp3) is 0.500. The minimum absolute atomic E-state index is 0.0379. The van der Waals surface area contributed by atoms with Gasteiger partial charge in [0.1, 0.15) is 11.6 Å². The summed E-state index contributed by atoms with van der Waals surface area (Å²) in [5.74, 6) is -1.58. The van der Waals surface area contributed by atoms with Gasteiger partial charge >= 0.3 is 5.97 Å². The van der Waals surface area contributed by atoms with Crippen LogP contribution in [-0.4, -0.2) is 52.9 Å². The number of nitrogens with zero attached hydrogens (tertiary/aromatic N) is 1. The van der Waals surface area contributed by atoms with E-state index in [1.807, 2.05) is 6.07 Å². The molecule has 0 bridgehead atoms. The molecule has 0 spiro atoms. The van der Waals surface area contributed by atoms with Gasteiger partial charge in [-0.05, 0) is 74.9 Å². The number of rotatable bonds is 11. The molecule has 1 heterocycles. The van der Waals surface area contributed by atoms with Crippen molar-refractivity contribution in [2.75, 3.05) is 19.7 Å². The summed E-state index contributed by atoms with van der Waals surface area (Å²) in [7, 11) is 0. The second-order valence-corrected chi connectivity index (χ2v) is 8.91. The lowest BCUT2D eigenvalue weighted by atomic mass is 9.98. The average Bonchev–Trinajstić information content (AvgIpc) is 3.19. The maximum absolute atomic E-state index is 14.5. The van der Waals surface area contributed by atoms with Crippen LogP contribution in [0.25, 0.3) is 0 Å². The molecule has 180 valence electrons. The Hall–Kier alpha value is -2.35. The summed E-state index contributed by atoms with van der Waals surface area (Å²) in [5, 5.41) is 19.5. The topological polar surface area (TPSA) is 70.0 Å². The molecule has 3 atom stereocenters. The highest BCUT2D eigenvalue weighted by molar-refractivity contribution is 5.67. The number of likely N-dealkylation sites (tertiary alicyclic amines) is 1. The third kappa shape index (κ3) is 7.06. The van der Waals surface area contributed by atoms with E-state index < -0.39 is 24.0 Å². The van der Waals surface area contributed by atoms with E-state index in [4.69, 9.17) is 9.84 Å². The van der Waals surface area contributed by atoms with Gasteiger partial charge in [0.25, 0.3) is 0 Å². The Morgan fingerprint density at radius 1 is 1.24 bits per heavy atom. The molecule has 2 N–H and O–H groups in total. The summed E-state index contributed by atoms with van der Waals surface area (Å²) in [6.45, 7) is 4.78. The van der Waals surface area contributed by atoms with E-state index in [1.165, 1.54) is 6.07 Å². The van der Waals surface area contributed by atoms with Crippen molar-refractivity contribution >= 4 is 5.97 Å². The molecule has 0 radical (unpaired) electrons. The molecule has 0 saturated carbocycles. The quantitative estimate of drug-likeness (QED) is 0.518. The summed E-state index contributed by atoms with van der Waals surface area (Å²) in [6, 6.07) is 10.2. The van der Waals surface area contributed by atoms with Crippen molar-refractivity contribution in [1.82, 2.24) is 4.90 Å². The summed E-state index contributed by atoms with van der Waals surface area (Å²) in [4.78, 5) is 13.1. The van der Waals surface area contributed by atoms with Crippen LogP contribution in [-0.2, 0) is 22.4 Å². The fourth-order valence-corrected chi connectivity index (χ4v) is 4.56. The van der Waals surface area contributed by atoms with Gasteiger partial charge in [-0.25, -0.2) is 8.78 Å². The monoisotopic (exact) mass is 461 g/mol. The van der Waals surface area contributed by atoms with Crippen molar-refractivity contribution in [3.63, 3.8) is 0 Å². The molecule has 3 rings (SSSR count). The van der Waals surface area contributed by atoms with Gasteiger partial charge in [-0.3, -0.25) is 9.69 Å². The van der Waals surface area contributed by atoms with E-state index in [0.29, 0.717) is 23.2 Å². The number of hydrogen-bond acceptors (Lipinski definition) is 4. The number of ether oxygens (including phenoxy) is 1. The van der Waals surface area contributed by atoms with E-state index in [0.717, 1.165) is 31.4 Å². The number of carbonyl (C=O) groups is 1. The second kappa shape index (κ2) is 11.7. The molecular weight excluding hydrogens is 428 g/mol. The maximum Gasteiger partial charge on any atom is 0.303 e. The molecule has 1 unspecified atom stereocenters. The van der Waals surface area contributed by atoms with E-state index in [-0.39, 0.29) is 31.3 Å².